The number of aryl methyl sites for hydroxylation is 2. The first-order chi connectivity index (χ1) is 5.74. The number of benzene rings is 1. The van der Waals surface area contributed by atoms with Crippen molar-refractivity contribution in [2.24, 2.45) is 4.99 Å². The van der Waals surface area contributed by atoms with Gasteiger partial charge in [0, 0.05) is 0 Å². The van der Waals surface area contributed by atoms with Crippen LogP contribution < -0.4 is 4.74 Å². The molecule has 0 fully saturated rings. The Hall–Kier alpha value is -1.31. The summed E-state index contributed by atoms with van der Waals surface area (Å²) in [5.74, 6) is 0.882. The van der Waals surface area contributed by atoms with E-state index in [9.17, 15) is 0 Å². The summed E-state index contributed by atoms with van der Waals surface area (Å²) in [6, 6.07) is 6.06. The normalized spacial score (nSPS) is 9.50. The molecule has 64 valence electrons. The molecule has 0 heterocycles. The molecule has 0 N–H and O–H groups in total. The molecule has 1 rings (SSSR count). The van der Waals surface area contributed by atoms with Crippen molar-refractivity contribution in [3.63, 3.8) is 0 Å². The maximum Gasteiger partial charge on any atom is 0.178 e. The molecule has 0 unspecified atom stereocenters. The molecular formula is C10H13NO. The summed E-state index contributed by atoms with van der Waals surface area (Å²) in [4.78, 5) is 3.62. The van der Waals surface area contributed by atoms with E-state index in [4.69, 9.17) is 4.74 Å². The van der Waals surface area contributed by atoms with Gasteiger partial charge in [-0.2, -0.15) is 0 Å². The van der Waals surface area contributed by atoms with E-state index in [-0.39, 0.29) is 0 Å². The number of hydrogen-bond acceptors (Lipinski definition) is 2. The van der Waals surface area contributed by atoms with Crippen LogP contribution in [0.3, 0.4) is 0 Å². The van der Waals surface area contributed by atoms with Gasteiger partial charge in [0.05, 0.1) is 0 Å². The van der Waals surface area contributed by atoms with Crippen molar-refractivity contribution < 1.29 is 4.74 Å². The van der Waals surface area contributed by atoms with Gasteiger partial charge in [-0.15, -0.1) is 0 Å². The predicted molar refractivity (Wildman–Crippen MR) is 51.0 cm³/mol. The average Bonchev–Trinajstić information content (AvgIpc) is 2.03. The second-order valence-corrected chi connectivity index (χ2v) is 2.77. The maximum absolute atomic E-state index is 5.31. The molecule has 0 atom stereocenters. The van der Waals surface area contributed by atoms with Gasteiger partial charge in [-0.05, 0) is 32.2 Å². The van der Waals surface area contributed by atoms with Crippen LogP contribution in [-0.4, -0.2) is 13.4 Å². The van der Waals surface area contributed by atoms with Crippen LogP contribution >= 0.6 is 0 Å². The topological polar surface area (TPSA) is 21.6 Å². The fourth-order valence-corrected chi connectivity index (χ4v) is 1.08. The molecule has 0 aromatic heterocycles. The second-order valence-electron chi connectivity index (χ2n) is 2.77. The minimum Gasteiger partial charge on any atom is -0.471 e. The van der Waals surface area contributed by atoms with Crippen LogP contribution in [0.1, 0.15) is 11.1 Å². The van der Waals surface area contributed by atoms with Crippen LogP contribution in [0, 0.1) is 13.8 Å². The molecule has 0 aliphatic carbocycles. The Balaban J connectivity index is 2.78. The van der Waals surface area contributed by atoms with Crippen molar-refractivity contribution in [3.8, 4) is 5.75 Å². The first kappa shape index (κ1) is 8.78. The van der Waals surface area contributed by atoms with Gasteiger partial charge in [0.1, 0.15) is 5.75 Å². The first-order valence-corrected chi connectivity index (χ1v) is 3.86. The highest BCUT2D eigenvalue weighted by molar-refractivity contribution is 5.35. The lowest BCUT2D eigenvalue weighted by molar-refractivity contribution is 0.330. The molecule has 0 aliphatic rings. The second kappa shape index (κ2) is 3.90. The van der Waals surface area contributed by atoms with E-state index in [1.807, 2.05) is 19.1 Å². The van der Waals surface area contributed by atoms with E-state index < -0.39 is 0 Å². The zero-order chi connectivity index (χ0) is 8.97. The largest absolute Gasteiger partial charge is 0.471 e. The average molecular weight is 163 g/mol. The summed E-state index contributed by atoms with van der Waals surface area (Å²) >= 11 is 0. The van der Waals surface area contributed by atoms with Crippen molar-refractivity contribution >= 4 is 6.72 Å². The van der Waals surface area contributed by atoms with Gasteiger partial charge < -0.3 is 4.74 Å². The SMILES string of the molecule is C=NCOc1ccc(C)cc1C. The third-order valence-corrected chi connectivity index (χ3v) is 1.64. The molecule has 0 aliphatic heterocycles. The Kier molecular flexibility index (Phi) is 2.86. The molecule has 0 bridgehead atoms. The summed E-state index contributed by atoms with van der Waals surface area (Å²) in [7, 11) is 0. The Labute approximate surface area is 72.9 Å². The highest BCUT2D eigenvalue weighted by Crippen LogP contribution is 2.18. The van der Waals surface area contributed by atoms with Crippen LogP contribution in [0.5, 0.6) is 5.75 Å². The van der Waals surface area contributed by atoms with Crippen molar-refractivity contribution in [3.05, 3.63) is 29.3 Å². The molecule has 0 saturated heterocycles. The van der Waals surface area contributed by atoms with E-state index in [1.165, 1.54) is 5.56 Å². The minimum atomic E-state index is 0.323. The fourth-order valence-electron chi connectivity index (χ4n) is 1.08. The third kappa shape index (κ3) is 2.09. The Bertz CT molecular complexity index is 281. The summed E-state index contributed by atoms with van der Waals surface area (Å²) in [5, 5.41) is 0. The molecule has 0 saturated carbocycles. The van der Waals surface area contributed by atoms with E-state index in [2.05, 4.69) is 24.7 Å². The summed E-state index contributed by atoms with van der Waals surface area (Å²) in [6.07, 6.45) is 0. The molecule has 12 heavy (non-hydrogen) atoms. The summed E-state index contributed by atoms with van der Waals surface area (Å²) in [5.41, 5.74) is 2.38. The van der Waals surface area contributed by atoms with E-state index >= 15 is 0 Å². The van der Waals surface area contributed by atoms with Gasteiger partial charge in [0.2, 0.25) is 0 Å². The van der Waals surface area contributed by atoms with Gasteiger partial charge in [-0.3, -0.25) is 4.99 Å². The van der Waals surface area contributed by atoms with Crippen LogP contribution in [0.25, 0.3) is 0 Å². The molecule has 2 nitrogen and oxygen atoms in total. The summed E-state index contributed by atoms with van der Waals surface area (Å²) in [6.45, 7) is 7.75. The first-order valence-electron chi connectivity index (χ1n) is 3.86. The van der Waals surface area contributed by atoms with Crippen LogP contribution in [0.15, 0.2) is 23.2 Å². The molecule has 2 heteroatoms. The quantitative estimate of drug-likeness (QED) is 0.627. The predicted octanol–water partition coefficient (Wildman–Crippen LogP) is 2.34. The van der Waals surface area contributed by atoms with E-state index in [0.717, 1.165) is 11.3 Å². The highest BCUT2D eigenvalue weighted by atomic mass is 16.5. The molecule has 0 amide bonds. The van der Waals surface area contributed by atoms with Gasteiger partial charge >= 0.3 is 0 Å². The van der Waals surface area contributed by atoms with Crippen molar-refractivity contribution in [1.82, 2.24) is 0 Å². The number of aliphatic imine (C=N–C) groups is 1. The molecular weight excluding hydrogens is 150 g/mol. The number of rotatable bonds is 3. The number of ether oxygens (including phenoxy) is 1. The lowest BCUT2D eigenvalue weighted by Gasteiger charge is -2.06. The van der Waals surface area contributed by atoms with Gasteiger partial charge in [-0.1, -0.05) is 17.7 Å². The minimum absolute atomic E-state index is 0.323. The summed E-state index contributed by atoms with van der Waals surface area (Å²) < 4.78 is 5.31. The Morgan fingerprint density at radius 3 is 2.75 bits per heavy atom. The monoisotopic (exact) mass is 163 g/mol. The van der Waals surface area contributed by atoms with Gasteiger partial charge in [-0.25, -0.2) is 0 Å². The smallest absolute Gasteiger partial charge is 0.178 e. The zero-order valence-electron chi connectivity index (χ0n) is 7.50. The fraction of sp³-hybridized carbons (Fsp3) is 0.300. The van der Waals surface area contributed by atoms with E-state index in [0.29, 0.717) is 6.73 Å². The molecule has 0 radical (unpaired) electrons. The zero-order valence-corrected chi connectivity index (χ0v) is 7.50. The third-order valence-electron chi connectivity index (χ3n) is 1.64. The van der Waals surface area contributed by atoms with Gasteiger partial charge in [0.15, 0.2) is 6.73 Å². The lowest BCUT2D eigenvalue weighted by Crippen LogP contribution is -1.95. The van der Waals surface area contributed by atoms with E-state index in [1.54, 1.807) is 0 Å². The van der Waals surface area contributed by atoms with Crippen LogP contribution in [0.2, 0.25) is 0 Å². The molecule has 1 aromatic carbocycles. The lowest BCUT2D eigenvalue weighted by atomic mass is 10.1. The number of hydrogen-bond donors (Lipinski definition) is 0. The molecule has 0 spiro atoms. The van der Waals surface area contributed by atoms with Crippen molar-refractivity contribution in [2.45, 2.75) is 13.8 Å². The number of nitrogens with zero attached hydrogens (tertiary/aromatic N) is 1. The standard InChI is InChI=1S/C10H13NO/c1-8-4-5-10(9(2)6-8)12-7-11-3/h4-6H,3,7H2,1-2H3. The van der Waals surface area contributed by atoms with Crippen LogP contribution in [-0.2, 0) is 0 Å². The van der Waals surface area contributed by atoms with Gasteiger partial charge in [0.25, 0.3) is 0 Å². The maximum atomic E-state index is 5.31. The van der Waals surface area contributed by atoms with Crippen LogP contribution in [0.4, 0.5) is 0 Å². The highest BCUT2D eigenvalue weighted by Gasteiger charge is 1.97. The Morgan fingerprint density at radius 1 is 1.42 bits per heavy atom. The van der Waals surface area contributed by atoms with Crippen molar-refractivity contribution in [2.75, 3.05) is 6.73 Å². The Morgan fingerprint density at radius 2 is 2.17 bits per heavy atom. The van der Waals surface area contributed by atoms with Crippen molar-refractivity contribution in [1.29, 1.82) is 0 Å². The molecule has 1 aromatic rings.